The van der Waals surface area contributed by atoms with E-state index < -0.39 is 0 Å². The van der Waals surface area contributed by atoms with E-state index in [2.05, 4.69) is 15.5 Å². The minimum absolute atomic E-state index is 0.0714. The third kappa shape index (κ3) is 4.42. The molecule has 0 fully saturated rings. The van der Waals surface area contributed by atoms with Crippen LogP contribution in [0.5, 0.6) is 5.75 Å². The second-order valence-electron chi connectivity index (χ2n) is 4.56. The molecule has 0 saturated carbocycles. The predicted molar refractivity (Wildman–Crippen MR) is 81.4 cm³/mol. The highest BCUT2D eigenvalue weighted by atomic mass is 16.5. The van der Waals surface area contributed by atoms with Gasteiger partial charge in [0.15, 0.2) is 6.61 Å². The highest BCUT2D eigenvalue weighted by Gasteiger charge is 2.05. The smallest absolute Gasteiger partial charge is 0.277 e. The van der Waals surface area contributed by atoms with Crippen molar-refractivity contribution in [2.45, 2.75) is 13.8 Å². The largest absolute Gasteiger partial charge is 0.483 e. The van der Waals surface area contributed by atoms with Gasteiger partial charge in [0.05, 0.1) is 6.21 Å². The Labute approximate surface area is 123 Å². The summed E-state index contributed by atoms with van der Waals surface area (Å²) in [5, 5.41) is 3.86. The van der Waals surface area contributed by atoms with Gasteiger partial charge < -0.3 is 4.74 Å². The lowest BCUT2D eigenvalue weighted by atomic mass is 10.1. The van der Waals surface area contributed by atoms with Crippen LogP contribution in [0.2, 0.25) is 0 Å². The Morgan fingerprint density at radius 2 is 2.05 bits per heavy atom. The maximum atomic E-state index is 11.6. The lowest BCUT2D eigenvalue weighted by molar-refractivity contribution is -0.123. The second-order valence-corrected chi connectivity index (χ2v) is 4.56. The molecular weight excluding hydrogens is 266 g/mol. The van der Waals surface area contributed by atoms with E-state index >= 15 is 0 Å². The maximum absolute atomic E-state index is 11.6. The number of ether oxygens (including phenoxy) is 1. The van der Waals surface area contributed by atoms with Crippen molar-refractivity contribution in [1.82, 2.24) is 10.4 Å². The van der Waals surface area contributed by atoms with Crippen LogP contribution in [0, 0.1) is 13.8 Å². The van der Waals surface area contributed by atoms with Crippen molar-refractivity contribution >= 4 is 12.1 Å². The maximum Gasteiger partial charge on any atom is 0.277 e. The summed E-state index contributed by atoms with van der Waals surface area (Å²) in [7, 11) is 0. The van der Waals surface area contributed by atoms with E-state index in [0.29, 0.717) is 5.75 Å². The molecule has 0 bridgehead atoms. The summed E-state index contributed by atoms with van der Waals surface area (Å²) in [5.41, 5.74) is 5.44. The molecule has 0 unspecified atom stereocenters. The van der Waals surface area contributed by atoms with Crippen molar-refractivity contribution in [3.63, 3.8) is 0 Å². The van der Waals surface area contributed by atoms with Crippen LogP contribution in [0.1, 0.15) is 16.7 Å². The molecule has 1 heterocycles. The summed E-state index contributed by atoms with van der Waals surface area (Å²) in [4.78, 5) is 15.5. The number of amides is 1. The van der Waals surface area contributed by atoms with Crippen molar-refractivity contribution in [2.75, 3.05) is 6.61 Å². The highest BCUT2D eigenvalue weighted by Crippen LogP contribution is 2.20. The summed E-state index contributed by atoms with van der Waals surface area (Å²) in [6, 6.07) is 9.33. The summed E-state index contributed by atoms with van der Waals surface area (Å²) >= 11 is 0. The van der Waals surface area contributed by atoms with Crippen molar-refractivity contribution in [1.29, 1.82) is 0 Å². The molecule has 0 atom stereocenters. The molecule has 0 aliphatic rings. The Hall–Kier alpha value is -2.69. The van der Waals surface area contributed by atoms with E-state index in [9.17, 15) is 4.79 Å². The molecule has 1 aromatic carbocycles. The number of hydrogen-bond acceptors (Lipinski definition) is 4. The summed E-state index contributed by atoms with van der Waals surface area (Å²) in [6.07, 6.45) is 4.87. The monoisotopic (exact) mass is 283 g/mol. The number of benzene rings is 1. The molecule has 1 amide bonds. The zero-order chi connectivity index (χ0) is 15.1. The normalized spacial score (nSPS) is 10.6. The van der Waals surface area contributed by atoms with Gasteiger partial charge in [0.25, 0.3) is 5.91 Å². The topological polar surface area (TPSA) is 63.6 Å². The molecule has 1 aromatic heterocycles. The van der Waals surface area contributed by atoms with Crippen LogP contribution < -0.4 is 10.2 Å². The van der Waals surface area contributed by atoms with E-state index in [1.807, 2.05) is 32.0 Å². The Morgan fingerprint density at radius 1 is 1.29 bits per heavy atom. The first-order valence-electron chi connectivity index (χ1n) is 6.58. The Balaban J connectivity index is 1.83. The van der Waals surface area contributed by atoms with Gasteiger partial charge in [0.2, 0.25) is 0 Å². The number of rotatable bonds is 5. The number of pyridine rings is 1. The molecule has 2 aromatic rings. The molecular formula is C16H17N3O2. The molecule has 5 heteroatoms. The summed E-state index contributed by atoms with van der Waals surface area (Å²) < 4.78 is 5.49. The van der Waals surface area contributed by atoms with Gasteiger partial charge >= 0.3 is 0 Å². The molecule has 0 spiro atoms. The second kappa shape index (κ2) is 7.19. The van der Waals surface area contributed by atoms with E-state index in [1.165, 1.54) is 0 Å². The van der Waals surface area contributed by atoms with Crippen LogP contribution in [0.3, 0.4) is 0 Å². The number of aryl methyl sites for hydroxylation is 1. The molecule has 0 aliphatic carbocycles. The molecule has 108 valence electrons. The third-order valence-electron chi connectivity index (χ3n) is 3.02. The van der Waals surface area contributed by atoms with Gasteiger partial charge in [0, 0.05) is 12.4 Å². The zero-order valence-corrected chi connectivity index (χ0v) is 12.0. The molecule has 0 aliphatic heterocycles. The van der Waals surface area contributed by atoms with Crippen molar-refractivity contribution in [3.8, 4) is 5.75 Å². The molecule has 0 saturated heterocycles. The van der Waals surface area contributed by atoms with E-state index in [4.69, 9.17) is 4.74 Å². The standard InChI is InChI=1S/C16H17N3O2/c1-12-4-3-5-15(13(12)2)21-11-16(20)19-18-10-14-6-8-17-9-7-14/h3-10H,11H2,1-2H3,(H,19,20)/b18-10-. The first-order valence-corrected chi connectivity index (χ1v) is 6.58. The van der Waals surface area contributed by atoms with Gasteiger partial charge in [-0.2, -0.15) is 5.10 Å². The van der Waals surface area contributed by atoms with Gasteiger partial charge in [-0.1, -0.05) is 12.1 Å². The fourth-order valence-electron chi connectivity index (χ4n) is 1.68. The van der Waals surface area contributed by atoms with Gasteiger partial charge in [-0.05, 0) is 48.7 Å². The van der Waals surface area contributed by atoms with E-state index in [1.54, 1.807) is 30.7 Å². The minimum Gasteiger partial charge on any atom is -0.483 e. The Kier molecular flexibility index (Phi) is 5.04. The lowest BCUT2D eigenvalue weighted by Gasteiger charge is -2.09. The van der Waals surface area contributed by atoms with Crippen LogP contribution in [0.4, 0.5) is 0 Å². The zero-order valence-electron chi connectivity index (χ0n) is 12.0. The predicted octanol–water partition coefficient (Wildman–Crippen LogP) is 2.23. The van der Waals surface area contributed by atoms with Gasteiger partial charge in [-0.3, -0.25) is 9.78 Å². The van der Waals surface area contributed by atoms with Crippen LogP contribution in [-0.2, 0) is 4.79 Å². The van der Waals surface area contributed by atoms with Gasteiger partial charge in [-0.15, -0.1) is 0 Å². The fourth-order valence-corrected chi connectivity index (χ4v) is 1.68. The van der Waals surface area contributed by atoms with Gasteiger partial charge in [0.1, 0.15) is 5.75 Å². The molecule has 1 N–H and O–H groups in total. The Bertz CT molecular complexity index is 639. The number of hydrogen-bond donors (Lipinski definition) is 1. The van der Waals surface area contributed by atoms with Crippen LogP contribution >= 0.6 is 0 Å². The number of nitrogens with zero attached hydrogens (tertiary/aromatic N) is 2. The van der Waals surface area contributed by atoms with E-state index in [-0.39, 0.29) is 12.5 Å². The molecule has 0 radical (unpaired) electrons. The SMILES string of the molecule is Cc1cccc(OCC(=O)N/N=C\c2ccncc2)c1C. The summed E-state index contributed by atoms with van der Waals surface area (Å²) in [5.74, 6) is 0.407. The molecule has 2 rings (SSSR count). The lowest BCUT2D eigenvalue weighted by Crippen LogP contribution is -2.24. The van der Waals surface area contributed by atoms with Crippen molar-refractivity contribution in [3.05, 3.63) is 59.4 Å². The van der Waals surface area contributed by atoms with Crippen molar-refractivity contribution < 1.29 is 9.53 Å². The number of hydrazone groups is 1. The van der Waals surface area contributed by atoms with Crippen LogP contribution in [0.25, 0.3) is 0 Å². The third-order valence-corrected chi connectivity index (χ3v) is 3.02. The highest BCUT2D eigenvalue weighted by molar-refractivity contribution is 5.82. The number of carbonyl (C=O) groups excluding carboxylic acids is 1. The number of carbonyl (C=O) groups is 1. The minimum atomic E-state index is -0.304. The first kappa shape index (κ1) is 14.7. The summed E-state index contributed by atoms with van der Waals surface area (Å²) in [6.45, 7) is 3.89. The average Bonchev–Trinajstić information content (AvgIpc) is 2.50. The van der Waals surface area contributed by atoms with Crippen LogP contribution in [0.15, 0.2) is 47.8 Å². The molecule has 21 heavy (non-hydrogen) atoms. The fraction of sp³-hybridized carbons (Fsp3) is 0.188. The van der Waals surface area contributed by atoms with Crippen LogP contribution in [-0.4, -0.2) is 23.7 Å². The quantitative estimate of drug-likeness (QED) is 0.676. The Morgan fingerprint density at radius 3 is 2.81 bits per heavy atom. The number of nitrogens with one attached hydrogen (secondary N) is 1. The van der Waals surface area contributed by atoms with Crippen molar-refractivity contribution in [2.24, 2.45) is 5.10 Å². The molecule has 5 nitrogen and oxygen atoms in total. The van der Waals surface area contributed by atoms with Gasteiger partial charge in [-0.25, -0.2) is 5.43 Å². The first-order chi connectivity index (χ1) is 10.2. The average molecular weight is 283 g/mol. The number of aromatic nitrogens is 1. The van der Waals surface area contributed by atoms with E-state index in [0.717, 1.165) is 16.7 Å².